The van der Waals surface area contributed by atoms with E-state index in [1.54, 1.807) is 42.6 Å². The summed E-state index contributed by atoms with van der Waals surface area (Å²) in [6.07, 6.45) is 5.42. The van der Waals surface area contributed by atoms with Crippen LogP contribution in [0.1, 0.15) is 49.5 Å². The Morgan fingerprint density at radius 1 is 1.09 bits per heavy atom. The van der Waals surface area contributed by atoms with E-state index in [-0.39, 0.29) is 17.9 Å². The number of nitrogens with one attached hydrogen (secondary N) is 1. The molecule has 8 heteroatoms. The van der Waals surface area contributed by atoms with Gasteiger partial charge in [-0.25, -0.2) is 0 Å². The molecule has 1 aliphatic heterocycles. The van der Waals surface area contributed by atoms with Crippen molar-refractivity contribution < 1.29 is 19.1 Å². The molecule has 174 valence electrons. The van der Waals surface area contributed by atoms with E-state index in [2.05, 4.69) is 5.32 Å². The van der Waals surface area contributed by atoms with E-state index in [1.165, 1.54) is 6.42 Å². The highest BCUT2D eigenvalue weighted by Gasteiger charge is 2.49. The molecule has 0 saturated heterocycles. The van der Waals surface area contributed by atoms with Gasteiger partial charge in [-0.3, -0.25) is 14.5 Å². The fourth-order valence-corrected chi connectivity index (χ4v) is 5.99. The number of rotatable bonds is 5. The lowest BCUT2D eigenvalue weighted by molar-refractivity contribution is -0.127. The largest absolute Gasteiger partial charge is 0.493 e. The third kappa shape index (κ3) is 3.57. The third-order valence-electron chi connectivity index (χ3n) is 6.96. The van der Waals surface area contributed by atoms with Gasteiger partial charge >= 0.3 is 0 Å². The molecule has 1 aromatic carbocycles. The number of benzene rings is 1. The van der Waals surface area contributed by atoms with E-state index in [9.17, 15) is 9.59 Å². The Bertz CT molecular complexity index is 1210. The molecule has 0 bridgehead atoms. The number of hydrogen-bond acceptors (Lipinski definition) is 5. The minimum atomic E-state index is -1.10. The summed E-state index contributed by atoms with van der Waals surface area (Å²) in [4.78, 5) is 29.4. The molecule has 5 rings (SSSR count). The first kappa shape index (κ1) is 21.8. The molecular formula is C25H29N3O4S. The number of amides is 2. The summed E-state index contributed by atoms with van der Waals surface area (Å²) in [5.74, 6) is 0.765. The number of aromatic nitrogens is 1. The molecule has 1 N–H and O–H groups in total. The predicted molar refractivity (Wildman–Crippen MR) is 130 cm³/mol. The number of fused-ring (bicyclic) bond motifs is 3. The van der Waals surface area contributed by atoms with E-state index < -0.39 is 5.54 Å². The van der Waals surface area contributed by atoms with E-state index in [0.29, 0.717) is 29.4 Å². The van der Waals surface area contributed by atoms with Crippen LogP contribution in [0.3, 0.4) is 0 Å². The monoisotopic (exact) mass is 467 g/mol. The summed E-state index contributed by atoms with van der Waals surface area (Å²) in [6, 6.07) is 9.44. The van der Waals surface area contributed by atoms with Crippen LogP contribution >= 0.6 is 11.3 Å². The summed E-state index contributed by atoms with van der Waals surface area (Å²) in [7, 11) is 3.14. The number of carbonyl (C=O) groups excluding carboxylic acids is 2. The van der Waals surface area contributed by atoms with E-state index in [1.807, 2.05) is 35.1 Å². The minimum absolute atomic E-state index is 0.125. The van der Waals surface area contributed by atoms with Gasteiger partial charge in [0.05, 0.1) is 31.0 Å². The number of ether oxygens (including phenoxy) is 2. The second-order valence-corrected chi connectivity index (χ2v) is 10.00. The van der Waals surface area contributed by atoms with Gasteiger partial charge in [0.15, 0.2) is 11.5 Å². The van der Waals surface area contributed by atoms with Crippen LogP contribution in [0.2, 0.25) is 0 Å². The molecule has 0 spiro atoms. The SMILES string of the molecule is COc1ccc(N2C(=O)c3cc4sccc4n3CC2(C)C(=O)NC2CCCCC2)cc1OC. The molecule has 2 aromatic heterocycles. The Hall–Kier alpha value is -3.00. The van der Waals surface area contributed by atoms with Crippen LogP contribution < -0.4 is 19.7 Å². The quantitative estimate of drug-likeness (QED) is 0.596. The van der Waals surface area contributed by atoms with Crippen molar-refractivity contribution in [3.8, 4) is 11.5 Å². The zero-order valence-corrected chi connectivity index (χ0v) is 20.0. The first-order valence-electron chi connectivity index (χ1n) is 11.4. The second-order valence-electron chi connectivity index (χ2n) is 9.05. The Labute approximate surface area is 197 Å². The molecule has 1 unspecified atom stereocenters. The number of methoxy groups -OCH3 is 2. The molecule has 3 heterocycles. The van der Waals surface area contributed by atoms with Gasteiger partial charge in [0.25, 0.3) is 5.91 Å². The standard InChI is InChI=1S/C25H29N3O4S/c1-25(24(30)26-16-7-5-4-6-8-16)15-27-18-11-12-33-22(18)14-19(27)23(29)28(25)17-9-10-20(31-2)21(13-17)32-3/h9-14,16H,4-8,15H2,1-3H3,(H,26,30). The van der Waals surface area contributed by atoms with Gasteiger partial charge in [-0.05, 0) is 49.4 Å². The summed E-state index contributed by atoms with van der Waals surface area (Å²) in [6.45, 7) is 2.24. The number of anilines is 1. The molecule has 1 fully saturated rings. The van der Waals surface area contributed by atoms with Gasteiger partial charge in [0.2, 0.25) is 5.91 Å². The Morgan fingerprint density at radius 2 is 1.85 bits per heavy atom. The molecule has 1 atom stereocenters. The first-order valence-corrected chi connectivity index (χ1v) is 12.3. The molecule has 0 radical (unpaired) electrons. The molecule has 3 aromatic rings. The maximum absolute atomic E-state index is 13.9. The van der Waals surface area contributed by atoms with Crippen molar-refractivity contribution >= 4 is 39.1 Å². The number of thiophene rings is 1. The van der Waals surface area contributed by atoms with Gasteiger partial charge in [0, 0.05) is 17.8 Å². The highest BCUT2D eigenvalue weighted by molar-refractivity contribution is 7.17. The van der Waals surface area contributed by atoms with Crippen LogP contribution in [0.15, 0.2) is 35.7 Å². The number of carbonyl (C=O) groups is 2. The number of nitrogens with zero attached hydrogens (tertiary/aromatic N) is 2. The molecule has 1 saturated carbocycles. The molecule has 2 amide bonds. The molecule has 7 nitrogen and oxygen atoms in total. The lowest BCUT2D eigenvalue weighted by atomic mass is 9.91. The van der Waals surface area contributed by atoms with Crippen LogP contribution in [-0.4, -0.2) is 42.2 Å². The number of hydrogen-bond donors (Lipinski definition) is 1. The fourth-order valence-electron chi connectivity index (χ4n) is 5.17. The summed E-state index contributed by atoms with van der Waals surface area (Å²) in [5, 5.41) is 5.28. The topological polar surface area (TPSA) is 72.8 Å². The Morgan fingerprint density at radius 3 is 2.58 bits per heavy atom. The molecule has 1 aliphatic carbocycles. The Kier molecular flexibility index (Phi) is 5.56. The van der Waals surface area contributed by atoms with Crippen molar-refractivity contribution in [2.75, 3.05) is 19.1 Å². The molecule has 2 aliphatic rings. The van der Waals surface area contributed by atoms with E-state index in [4.69, 9.17) is 9.47 Å². The van der Waals surface area contributed by atoms with Gasteiger partial charge in [-0.1, -0.05) is 19.3 Å². The average Bonchev–Trinajstić information content (AvgIpc) is 3.42. The summed E-state index contributed by atoms with van der Waals surface area (Å²) < 4.78 is 13.9. The third-order valence-corrected chi connectivity index (χ3v) is 7.81. The summed E-state index contributed by atoms with van der Waals surface area (Å²) >= 11 is 1.60. The van der Waals surface area contributed by atoms with Crippen molar-refractivity contribution in [2.45, 2.75) is 57.2 Å². The fraction of sp³-hybridized carbons (Fsp3) is 0.440. The maximum Gasteiger partial charge on any atom is 0.275 e. The second kappa shape index (κ2) is 8.41. The van der Waals surface area contributed by atoms with Crippen molar-refractivity contribution in [1.82, 2.24) is 9.88 Å². The Balaban J connectivity index is 1.61. The van der Waals surface area contributed by atoms with Crippen LogP contribution in [-0.2, 0) is 11.3 Å². The highest BCUT2D eigenvalue weighted by Crippen LogP contribution is 2.40. The van der Waals surface area contributed by atoms with Crippen molar-refractivity contribution in [3.63, 3.8) is 0 Å². The van der Waals surface area contributed by atoms with Crippen LogP contribution in [0.25, 0.3) is 10.2 Å². The van der Waals surface area contributed by atoms with E-state index in [0.717, 1.165) is 35.9 Å². The average molecular weight is 468 g/mol. The lowest BCUT2D eigenvalue weighted by Crippen LogP contribution is -2.65. The lowest BCUT2D eigenvalue weighted by Gasteiger charge is -2.44. The maximum atomic E-state index is 13.9. The first-order chi connectivity index (χ1) is 16.0. The minimum Gasteiger partial charge on any atom is -0.493 e. The summed E-state index contributed by atoms with van der Waals surface area (Å²) in [5.41, 5.74) is 1.09. The zero-order valence-electron chi connectivity index (χ0n) is 19.2. The van der Waals surface area contributed by atoms with E-state index >= 15 is 0 Å². The van der Waals surface area contributed by atoms with Gasteiger partial charge < -0.3 is 19.4 Å². The zero-order chi connectivity index (χ0) is 23.2. The smallest absolute Gasteiger partial charge is 0.275 e. The molecular weight excluding hydrogens is 438 g/mol. The molecule has 33 heavy (non-hydrogen) atoms. The highest BCUT2D eigenvalue weighted by atomic mass is 32.1. The normalized spacial score (nSPS) is 21.2. The van der Waals surface area contributed by atoms with Crippen molar-refractivity contribution in [1.29, 1.82) is 0 Å². The van der Waals surface area contributed by atoms with Crippen LogP contribution in [0, 0.1) is 0 Å². The van der Waals surface area contributed by atoms with Gasteiger partial charge in [-0.15, -0.1) is 11.3 Å². The predicted octanol–water partition coefficient (Wildman–Crippen LogP) is 4.59. The van der Waals surface area contributed by atoms with Crippen molar-refractivity contribution in [3.05, 3.63) is 41.4 Å². The van der Waals surface area contributed by atoms with Crippen molar-refractivity contribution in [2.24, 2.45) is 0 Å². The van der Waals surface area contributed by atoms with Crippen LogP contribution in [0.5, 0.6) is 11.5 Å². The van der Waals surface area contributed by atoms with Gasteiger partial charge in [-0.2, -0.15) is 0 Å². The van der Waals surface area contributed by atoms with Gasteiger partial charge in [0.1, 0.15) is 11.2 Å². The van der Waals surface area contributed by atoms with Crippen LogP contribution in [0.4, 0.5) is 5.69 Å².